The van der Waals surface area contributed by atoms with Gasteiger partial charge in [-0.2, -0.15) is 0 Å². The third-order valence-corrected chi connectivity index (χ3v) is 4.51. The van der Waals surface area contributed by atoms with Crippen molar-refractivity contribution in [1.29, 1.82) is 0 Å². The Hall–Kier alpha value is -2.41. The second kappa shape index (κ2) is 6.57. The lowest BCUT2D eigenvalue weighted by molar-refractivity contribution is -0.115. The van der Waals surface area contributed by atoms with Crippen molar-refractivity contribution in [1.82, 2.24) is 19.9 Å². The Balaban J connectivity index is 1.77. The van der Waals surface area contributed by atoms with Gasteiger partial charge in [0.2, 0.25) is 5.91 Å². The molecule has 7 heteroatoms. The molecule has 0 radical (unpaired) electrons. The van der Waals surface area contributed by atoms with Crippen LogP contribution in [-0.4, -0.2) is 31.1 Å². The minimum Gasteiger partial charge on any atom is -0.341 e. The number of hydrogen-bond acceptors (Lipinski definition) is 5. The number of carbonyl (C=O) groups is 1. The summed E-state index contributed by atoms with van der Waals surface area (Å²) in [5, 5.41) is 3.43. The van der Waals surface area contributed by atoms with Gasteiger partial charge in [-0.3, -0.25) is 4.79 Å². The highest BCUT2D eigenvalue weighted by molar-refractivity contribution is 8.00. The Kier molecular flexibility index (Phi) is 4.34. The number of hydrogen-bond donors (Lipinski definition) is 2. The highest BCUT2D eigenvalue weighted by Crippen LogP contribution is 2.28. The zero-order valence-corrected chi connectivity index (χ0v) is 12.8. The molecule has 0 aliphatic rings. The molecule has 22 heavy (non-hydrogen) atoms. The van der Waals surface area contributed by atoms with E-state index in [1.165, 1.54) is 18.1 Å². The Morgan fingerprint density at radius 1 is 1.27 bits per heavy atom. The van der Waals surface area contributed by atoms with Crippen molar-refractivity contribution < 1.29 is 4.79 Å². The molecule has 2 N–H and O–H groups in total. The van der Waals surface area contributed by atoms with E-state index in [0.29, 0.717) is 12.1 Å². The Morgan fingerprint density at radius 2 is 2.09 bits per heavy atom. The smallest absolute Gasteiger partial charge is 0.237 e. The number of carbonyl (C=O) groups excluding carboxylic acids is 1. The van der Waals surface area contributed by atoms with Gasteiger partial charge in [0.25, 0.3) is 0 Å². The quantitative estimate of drug-likeness (QED) is 0.559. The average molecular weight is 313 g/mol. The SMILES string of the molecule is CCC(Sc1ncnc2nc[nH]c12)C(=O)Nc1ccccc1. The second-order valence-corrected chi connectivity index (χ2v) is 5.84. The van der Waals surface area contributed by atoms with E-state index >= 15 is 0 Å². The van der Waals surface area contributed by atoms with Crippen molar-refractivity contribution in [2.24, 2.45) is 0 Å². The highest BCUT2D eigenvalue weighted by atomic mass is 32.2. The zero-order chi connectivity index (χ0) is 15.4. The molecule has 2 heterocycles. The predicted octanol–water partition coefficient (Wildman–Crippen LogP) is 2.86. The minimum absolute atomic E-state index is 0.0371. The van der Waals surface area contributed by atoms with Crippen LogP contribution in [0.25, 0.3) is 11.2 Å². The summed E-state index contributed by atoms with van der Waals surface area (Å²) in [6.45, 7) is 1.98. The number of aromatic nitrogens is 4. The molecule has 2 aromatic heterocycles. The van der Waals surface area contributed by atoms with Gasteiger partial charge in [-0.15, -0.1) is 0 Å². The molecule has 0 saturated carbocycles. The van der Waals surface area contributed by atoms with Crippen LogP contribution in [0.15, 0.2) is 48.0 Å². The summed E-state index contributed by atoms with van der Waals surface area (Å²) in [6.07, 6.45) is 3.74. The number of thioether (sulfide) groups is 1. The van der Waals surface area contributed by atoms with Crippen LogP contribution in [-0.2, 0) is 4.79 Å². The lowest BCUT2D eigenvalue weighted by Crippen LogP contribution is -2.24. The Bertz CT molecular complexity index is 774. The first-order chi connectivity index (χ1) is 10.8. The van der Waals surface area contributed by atoms with Crippen LogP contribution >= 0.6 is 11.8 Å². The largest absolute Gasteiger partial charge is 0.341 e. The van der Waals surface area contributed by atoms with Gasteiger partial charge < -0.3 is 10.3 Å². The van der Waals surface area contributed by atoms with Crippen LogP contribution in [0, 0.1) is 0 Å². The van der Waals surface area contributed by atoms with Crippen LogP contribution in [0.3, 0.4) is 0 Å². The van der Waals surface area contributed by atoms with E-state index in [2.05, 4.69) is 25.3 Å². The summed E-state index contributed by atoms with van der Waals surface area (Å²) in [7, 11) is 0. The molecule has 6 nitrogen and oxygen atoms in total. The molecule has 0 aliphatic heterocycles. The normalized spacial score (nSPS) is 12.2. The van der Waals surface area contributed by atoms with Crippen LogP contribution in [0.1, 0.15) is 13.3 Å². The molecule has 0 spiro atoms. The maximum Gasteiger partial charge on any atom is 0.237 e. The summed E-state index contributed by atoms with van der Waals surface area (Å²) >= 11 is 1.42. The fourth-order valence-electron chi connectivity index (χ4n) is 2.03. The topological polar surface area (TPSA) is 83.6 Å². The molecule has 0 saturated heterocycles. The van der Waals surface area contributed by atoms with E-state index in [1.54, 1.807) is 6.33 Å². The summed E-state index contributed by atoms with van der Waals surface area (Å²) in [4.78, 5) is 27.9. The molecule has 1 aromatic carbocycles. The minimum atomic E-state index is -0.235. The number of anilines is 1. The molecular weight excluding hydrogens is 298 g/mol. The molecule has 3 aromatic rings. The van der Waals surface area contributed by atoms with Gasteiger partial charge in [0.15, 0.2) is 5.65 Å². The molecule has 3 rings (SSSR count). The number of para-hydroxylation sites is 1. The number of H-pyrrole nitrogens is 1. The van der Waals surface area contributed by atoms with Crippen molar-refractivity contribution in [2.75, 3.05) is 5.32 Å². The van der Waals surface area contributed by atoms with E-state index in [9.17, 15) is 4.79 Å². The number of benzene rings is 1. The van der Waals surface area contributed by atoms with E-state index in [4.69, 9.17) is 0 Å². The van der Waals surface area contributed by atoms with E-state index in [-0.39, 0.29) is 11.2 Å². The van der Waals surface area contributed by atoms with Crippen molar-refractivity contribution >= 4 is 34.5 Å². The van der Waals surface area contributed by atoms with Crippen LogP contribution in [0.4, 0.5) is 5.69 Å². The monoisotopic (exact) mass is 313 g/mol. The van der Waals surface area contributed by atoms with Gasteiger partial charge >= 0.3 is 0 Å². The molecule has 1 atom stereocenters. The van der Waals surface area contributed by atoms with Crippen molar-refractivity contribution in [2.45, 2.75) is 23.6 Å². The average Bonchev–Trinajstić information content (AvgIpc) is 3.02. The molecule has 0 fully saturated rings. The maximum atomic E-state index is 12.4. The lowest BCUT2D eigenvalue weighted by Gasteiger charge is -2.14. The second-order valence-electron chi connectivity index (χ2n) is 4.65. The van der Waals surface area contributed by atoms with Crippen molar-refractivity contribution in [3.05, 3.63) is 43.0 Å². The molecule has 1 unspecified atom stereocenters. The first-order valence-electron chi connectivity index (χ1n) is 6.94. The summed E-state index contributed by atoms with van der Waals surface area (Å²) in [6, 6.07) is 9.43. The number of nitrogens with one attached hydrogen (secondary N) is 2. The van der Waals surface area contributed by atoms with E-state index in [1.807, 2.05) is 37.3 Å². The summed E-state index contributed by atoms with van der Waals surface area (Å²) < 4.78 is 0. The fraction of sp³-hybridized carbons (Fsp3) is 0.200. The maximum absolute atomic E-state index is 12.4. The number of rotatable bonds is 5. The first-order valence-corrected chi connectivity index (χ1v) is 7.82. The number of aromatic amines is 1. The summed E-state index contributed by atoms with van der Waals surface area (Å²) in [5.41, 5.74) is 2.16. The van der Waals surface area contributed by atoms with Crippen LogP contribution in [0.2, 0.25) is 0 Å². The van der Waals surface area contributed by atoms with Crippen LogP contribution < -0.4 is 5.32 Å². The summed E-state index contributed by atoms with van der Waals surface area (Å²) in [5.74, 6) is -0.0371. The van der Waals surface area contributed by atoms with Gasteiger partial charge in [0.05, 0.1) is 11.6 Å². The standard InChI is InChI=1S/C15H15N5OS/c1-2-11(14(21)20-10-6-4-3-5-7-10)22-15-12-13(17-8-16-12)18-9-19-15/h3-9,11H,2H2,1H3,(H,20,21)(H,16,17,18,19). The third-order valence-electron chi connectivity index (χ3n) is 3.15. The Labute approximate surface area is 131 Å². The Morgan fingerprint density at radius 3 is 2.86 bits per heavy atom. The first kappa shape index (κ1) is 14.5. The van der Waals surface area contributed by atoms with E-state index in [0.717, 1.165) is 16.2 Å². The van der Waals surface area contributed by atoms with Crippen molar-refractivity contribution in [3.63, 3.8) is 0 Å². The lowest BCUT2D eigenvalue weighted by atomic mass is 10.3. The van der Waals surface area contributed by atoms with E-state index < -0.39 is 0 Å². The number of nitrogens with zero attached hydrogens (tertiary/aromatic N) is 3. The molecular formula is C15H15N5OS. The van der Waals surface area contributed by atoms with Crippen LogP contribution in [0.5, 0.6) is 0 Å². The van der Waals surface area contributed by atoms with Gasteiger partial charge in [-0.05, 0) is 18.6 Å². The van der Waals surface area contributed by atoms with Crippen molar-refractivity contribution in [3.8, 4) is 0 Å². The fourth-order valence-corrected chi connectivity index (χ4v) is 3.01. The number of fused-ring (bicyclic) bond motifs is 1. The van der Waals surface area contributed by atoms with Gasteiger partial charge in [-0.1, -0.05) is 36.9 Å². The molecule has 1 amide bonds. The molecule has 112 valence electrons. The zero-order valence-electron chi connectivity index (χ0n) is 12.0. The number of imidazole rings is 1. The van der Waals surface area contributed by atoms with Gasteiger partial charge in [0, 0.05) is 5.69 Å². The predicted molar refractivity (Wildman–Crippen MR) is 86.7 cm³/mol. The number of amides is 1. The molecule has 0 bridgehead atoms. The molecule has 0 aliphatic carbocycles. The highest BCUT2D eigenvalue weighted by Gasteiger charge is 2.20. The van der Waals surface area contributed by atoms with Gasteiger partial charge in [-0.25, -0.2) is 15.0 Å². The third kappa shape index (κ3) is 3.09. The van der Waals surface area contributed by atoms with Gasteiger partial charge in [0.1, 0.15) is 16.9 Å².